The first-order chi connectivity index (χ1) is 10.3. The number of nitrogens with one attached hydrogen (secondary N) is 1. The largest absolute Gasteiger partial charge is 0.391 e. The highest BCUT2D eigenvalue weighted by Crippen LogP contribution is 2.41. The Morgan fingerprint density at radius 1 is 1.19 bits per heavy atom. The Morgan fingerprint density at radius 3 is 2.86 bits per heavy atom. The van der Waals surface area contributed by atoms with Gasteiger partial charge < -0.3 is 15.2 Å². The highest BCUT2D eigenvalue weighted by molar-refractivity contribution is 5.36. The molecule has 1 aromatic rings. The van der Waals surface area contributed by atoms with Gasteiger partial charge in [0.2, 0.25) is 0 Å². The van der Waals surface area contributed by atoms with Crippen molar-refractivity contribution in [2.45, 2.75) is 68.7 Å². The van der Waals surface area contributed by atoms with Crippen LogP contribution in [0.1, 0.15) is 55.7 Å². The van der Waals surface area contributed by atoms with E-state index in [1.807, 2.05) is 0 Å². The van der Waals surface area contributed by atoms with Crippen molar-refractivity contribution in [2.75, 3.05) is 6.61 Å². The minimum Gasteiger partial charge on any atom is -0.391 e. The fraction of sp³-hybridized carbons (Fsp3) is 0.667. The highest BCUT2D eigenvalue weighted by atomic mass is 16.5. The summed E-state index contributed by atoms with van der Waals surface area (Å²) in [6.45, 7) is 0.863. The molecule has 2 fully saturated rings. The molecule has 3 heteroatoms. The number of hydrogen-bond acceptors (Lipinski definition) is 3. The van der Waals surface area contributed by atoms with Gasteiger partial charge in [0, 0.05) is 19.1 Å². The Bertz CT molecular complexity index is 510. The maximum absolute atomic E-state index is 10.4. The molecule has 0 aromatic heterocycles. The van der Waals surface area contributed by atoms with Crippen LogP contribution in [-0.4, -0.2) is 29.5 Å². The van der Waals surface area contributed by atoms with Crippen LogP contribution >= 0.6 is 0 Å². The Hall–Kier alpha value is -0.900. The molecule has 21 heavy (non-hydrogen) atoms. The molecule has 4 rings (SSSR count). The van der Waals surface area contributed by atoms with Crippen LogP contribution in [0.3, 0.4) is 0 Å². The van der Waals surface area contributed by atoms with Crippen molar-refractivity contribution < 1.29 is 9.84 Å². The van der Waals surface area contributed by atoms with Gasteiger partial charge in [0.1, 0.15) is 0 Å². The molecule has 3 aliphatic rings. The van der Waals surface area contributed by atoms with Gasteiger partial charge in [0.25, 0.3) is 0 Å². The monoisotopic (exact) mass is 287 g/mol. The van der Waals surface area contributed by atoms with E-state index in [1.54, 1.807) is 0 Å². The SMILES string of the molecule is OC1Cc2ccccc2C1NC1CCOC2(CCCC2)C1. The van der Waals surface area contributed by atoms with Gasteiger partial charge in [-0.1, -0.05) is 37.1 Å². The number of hydrogen-bond donors (Lipinski definition) is 2. The third-order valence-electron chi connectivity index (χ3n) is 5.63. The summed E-state index contributed by atoms with van der Waals surface area (Å²) in [7, 11) is 0. The molecule has 1 heterocycles. The van der Waals surface area contributed by atoms with E-state index in [0.29, 0.717) is 6.04 Å². The zero-order valence-corrected chi connectivity index (χ0v) is 12.6. The van der Waals surface area contributed by atoms with Crippen LogP contribution in [0.5, 0.6) is 0 Å². The highest BCUT2D eigenvalue weighted by Gasteiger charge is 2.41. The normalized spacial score (nSPS) is 34.2. The number of rotatable bonds is 2. The van der Waals surface area contributed by atoms with Gasteiger partial charge in [-0.25, -0.2) is 0 Å². The maximum Gasteiger partial charge on any atom is 0.0775 e. The van der Waals surface area contributed by atoms with Gasteiger partial charge in [-0.2, -0.15) is 0 Å². The predicted octanol–water partition coefficient (Wildman–Crippen LogP) is 2.73. The molecular weight excluding hydrogens is 262 g/mol. The fourth-order valence-corrected chi connectivity index (χ4v) is 4.57. The van der Waals surface area contributed by atoms with E-state index in [-0.39, 0.29) is 17.7 Å². The zero-order valence-electron chi connectivity index (χ0n) is 12.6. The van der Waals surface area contributed by atoms with Crippen molar-refractivity contribution in [2.24, 2.45) is 0 Å². The van der Waals surface area contributed by atoms with Crippen LogP contribution in [0.2, 0.25) is 0 Å². The fourth-order valence-electron chi connectivity index (χ4n) is 4.57. The quantitative estimate of drug-likeness (QED) is 0.879. The first-order valence-corrected chi connectivity index (χ1v) is 8.42. The van der Waals surface area contributed by atoms with Crippen LogP contribution < -0.4 is 5.32 Å². The molecule has 1 spiro atoms. The molecule has 114 valence electrons. The molecule has 0 amide bonds. The van der Waals surface area contributed by atoms with E-state index in [9.17, 15) is 5.11 Å². The first kappa shape index (κ1) is 13.7. The molecule has 0 radical (unpaired) electrons. The summed E-state index contributed by atoms with van der Waals surface area (Å²) in [4.78, 5) is 0. The van der Waals surface area contributed by atoms with Gasteiger partial charge in [-0.3, -0.25) is 0 Å². The van der Waals surface area contributed by atoms with E-state index >= 15 is 0 Å². The molecule has 1 saturated carbocycles. The number of aliphatic hydroxyl groups is 1. The van der Waals surface area contributed by atoms with Crippen LogP contribution in [0.25, 0.3) is 0 Å². The summed E-state index contributed by atoms with van der Waals surface area (Å²) in [6, 6.07) is 9.02. The second-order valence-electron chi connectivity index (χ2n) is 7.04. The minimum atomic E-state index is -0.287. The first-order valence-electron chi connectivity index (χ1n) is 8.42. The molecule has 1 saturated heterocycles. The van der Waals surface area contributed by atoms with Crippen LogP contribution in [0, 0.1) is 0 Å². The Kier molecular flexibility index (Phi) is 3.52. The third kappa shape index (κ3) is 2.52. The van der Waals surface area contributed by atoms with E-state index in [2.05, 4.69) is 29.6 Å². The van der Waals surface area contributed by atoms with E-state index in [1.165, 1.54) is 36.8 Å². The van der Waals surface area contributed by atoms with Gasteiger partial charge in [-0.05, 0) is 36.8 Å². The molecule has 1 aliphatic heterocycles. The van der Waals surface area contributed by atoms with Crippen molar-refractivity contribution in [3.8, 4) is 0 Å². The zero-order chi connectivity index (χ0) is 14.3. The lowest BCUT2D eigenvalue weighted by Crippen LogP contribution is -2.47. The molecular formula is C18H25NO2. The van der Waals surface area contributed by atoms with Gasteiger partial charge in [0.15, 0.2) is 0 Å². The maximum atomic E-state index is 10.4. The van der Waals surface area contributed by atoms with Gasteiger partial charge in [0.05, 0.1) is 17.7 Å². The van der Waals surface area contributed by atoms with Gasteiger partial charge in [-0.15, -0.1) is 0 Å². The number of benzene rings is 1. The molecule has 0 bridgehead atoms. The standard InChI is InChI=1S/C18H25NO2/c20-16-11-13-5-1-2-6-15(13)17(16)19-14-7-10-21-18(12-14)8-3-4-9-18/h1-2,5-6,14,16-17,19-20H,3-4,7-12H2. The summed E-state index contributed by atoms with van der Waals surface area (Å²) in [6.07, 6.45) is 7.71. The van der Waals surface area contributed by atoms with E-state index in [0.717, 1.165) is 25.9 Å². The lowest BCUT2D eigenvalue weighted by Gasteiger charge is -2.40. The van der Waals surface area contributed by atoms with Crippen LogP contribution in [0.4, 0.5) is 0 Å². The molecule has 2 aliphatic carbocycles. The number of ether oxygens (including phenoxy) is 1. The van der Waals surface area contributed by atoms with Crippen LogP contribution in [0.15, 0.2) is 24.3 Å². The van der Waals surface area contributed by atoms with Crippen molar-refractivity contribution >= 4 is 0 Å². The summed E-state index contributed by atoms with van der Waals surface area (Å²) in [5, 5.41) is 14.1. The number of aliphatic hydroxyl groups excluding tert-OH is 1. The van der Waals surface area contributed by atoms with Crippen molar-refractivity contribution in [3.05, 3.63) is 35.4 Å². The molecule has 3 nitrogen and oxygen atoms in total. The molecule has 3 unspecified atom stereocenters. The summed E-state index contributed by atoms with van der Waals surface area (Å²) in [5.74, 6) is 0. The average molecular weight is 287 g/mol. The average Bonchev–Trinajstić information content (AvgIpc) is 3.05. The van der Waals surface area contributed by atoms with Gasteiger partial charge >= 0.3 is 0 Å². The Balaban J connectivity index is 1.48. The Labute approximate surface area is 126 Å². The van der Waals surface area contributed by atoms with E-state index in [4.69, 9.17) is 4.74 Å². The van der Waals surface area contributed by atoms with Crippen molar-refractivity contribution in [1.29, 1.82) is 0 Å². The second kappa shape index (κ2) is 5.38. The smallest absolute Gasteiger partial charge is 0.0775 e. The lowest BCUT2D eigenvalue weighted by molar-refractivity contribution is -0.0862. The van der Waals surface area contributed by atoms with Crippen molar-refractivity contribution in [3.63, 3.8) is 0 Å². The molecule has 2 N–H and O–H groups in total. The summed E-state index contributed by atoms with van der Waals surface area (Å²) < 4.78 is 6.11. The molecule has 1 aromatic carbocycles. The van der Waals surface area contributed by atoms with Crippen molar-refractivity contribution in [1.82, 2.24) is 5.32 Å². The molecule has 3 atom stereocenters. The Morgan fingerprint density at radius 2 is 2.00 bits per heavy atom. The minimum absolute atomic E-state index is 0.0998. The third-order valence-corrected chi connectivity index (χ3v) is 5.63. The number of fused-ring (bicyclic) bond motifs is 1. The van der Waals surface area contributed by atoms with E-state index < -0.39 is 0 Å². The predicted molar refractivity (Wildman–Crippen MR) is 82.2 cm³/mol. The summed E-state index contributed by atoms with van der Waals surface area (Å²) in [5.41, 5.74) is 2.72. The lowest BCUT2D eigenvalue weighted by atomic mass is 9.88. The van der Waals surface area contributed by atoms with Crippen LogP contribution in [-0.2, 0) is 11.2 Å². The topological polar surface area (TPSA) is 41.5 Å². The summed E-state index contributed by atoms with van der Waals surface area (Å²) >= 11 is 0. The second-order valence-corrected chi connectivity index (χ2v) is 7.04.